The van der Waals surface area contributed by atoms with Gasteiger partial charge in [0.1, 0.15) is 0 Å². The highest BCUT2D eigenvalue weighted by atomic mass is 79.9. The largest absolute Gasteiger partial charge is 0.368 e. The summed E-state index contributed by atoms with van der Waals surface area (Å²) in [6.07, 6.45) is 0. The van der Waals surface area contributed by atoms with Gasteiger partial charge in [0, 0.05) is 46.9 Å². The molecule has 1 fully saturated rings. The molecule has 1 heterocycles. The number of nitrogens with zero attached hydrogens (tertiary/aromatic N) is 2. The predicted octanol–water partition coefficient (Wildman–Crippen LogP) is 4.06. The molecular formula is C17H16BrClN2O. The van der Waals surface area contributed by atoms with Gasteiger partial charge >= 0.3 is 0 Å². The number of rotatable bonds is 2. The van der Waals surface area contributed by atoms with Crippen molar-refractivity contribution in [2.45, 2.75) is 0 Å². The second-order valence-electron chi connectivity index (χ2n) is 5.27. The van der Waals surface area contributed by atoms with Gasteiger partial charge in [-0.25, -0.2) is 0 Å². The van der Waals surface area contributed by atoms with E-state index in [9.17, 15) is 4.79 Å². The molecule has 0 spiro atoms. The van der Waals surface area contributed by atoms with E-state index in [0.29, 0.717) is 10.6 Å². The normalized spacial score (nSPS) is 15.0. The first kappa shape index (κ1) is 15.4. The zero-order chi connectivity index (χ0) is 15.5. The predicted molar refractivity (Wildman–Crippen MR) is 93.7 cm³/mol. The lowest BCUT2D eigenvalue weighted by Gasteiger charge is -2.36. The van der Waals surface area contributed by atoms with Gasteiger partial charge in [0.05, 0.1) is 0 Å². The van der Waals surface area contributed by atoms with Crippen LogP contribution in [0.25, 0.3) is 0 Å². The highest BCUT2D eigenvalue weighted by molar-refractivity contribution is 9.10. The van der Waals surface area contributed by atoms with Crippen LogP contribution in [0.2, 0.25) is 5.02 Å². The number of halogens is 2. The van der Waals surface area contributed by atoms with Gasteiger partial charge in [-0.2, -0.15) is 0 Å². The van der Waals surface area contributed by atoms with E-state index in [1.54, 1.807) is 12.1 Å². The second-order valence-corrected chi connectivity index (χ2v) is 6.62. The van der Waals surface area contributed by atoms with Crippen LogP contribution < -0.4 is 4.90 Å². The van der Waals surface area contributed by atoms with E-state index in [2.05, 4.69) is 33.0 Å². The van der Waals surface area contributed by atoms with Crippen molar-refractivity contribution in [3.63, 3.8) is 0 Å². The third-order valence-corrected chi connectivity index (χ3v) is 4.59. The summed E-state index contributed by atoms with van der Waals surface area (Å²) in [4.78, 5) is 16.7. The lowest BCUT2D eigenvalue weighted by atomic mass is 10.1. The monoisotopic (exact) mass is 378 g/mol. The van der Waals surface area contributed by atoms with Gasteiger partial charge in [0.15, 0.2) is 0 Å². The molecule has 5 heteroatoms. The number of hydrogen-bond donors (Lipinski definition) is 0. The first-order valence-corrected chi connectivity index (χ1v) is 8.36. The van der Waals surface area contributed by atoms with Crippen LogP contribution in [0, 0.1) is 0 Å². The highest BCUT2D eigenvalue weighted by Crippen LogP contribution is 2.20. The molecule has 2 aromatic carbocycles. The molecule has 1 saturated heterocycles. The quantitative estimate of drug-likeness (QED) is 0.785. The van der Waals surface area contributed by atoms with E-state index in [1.807, 2.05) is 29.2 Å². The molecule has 1 aliphatic rings. The van der Waals surface area contributed by atoms with E-state index >= 15 is 0 Å². The van der Waals surface area contributed by atoms with Crippen LogP contribution in [0.5, 0.6) is 0 Å². The van der Waals surface area contributed by atoms with Gasteiger partial charge in [-0.05, 0) is 42.5 Å². The van der Waals surface area contributed by atoms with E-state index in [-0.39, 0.29) is 5.91 Å². The standard InChI is InChI=1S/C17H16BrClN2O/c18-14-4-6-16(7-5-14)20-8-10-21(11-9-20)17(22)13-2-1-3-15(19)12-13/h1-7,12H,8-11H2. The number of amides is 1. The smallest absolute Gasteiger partial charge is 0.254 e. The maximum atomic E-state index is 12.5. The minimum Gasteiger partial charge on any atom is -0.368 e. The van der Waals surface area contributed by atoms with Gasteiger partial charge in [-0.15, -0.1) is 0 Å². The van der Waals surface area contributed by atoms with Crippen LogP contribution in [-0.4, -0.2) is 37.0 Å². The molecule has 0 saturated carbocycles. The summed E-state index contributed by atoms with van der Waals surface area (Å²) in [6.45, 7) is 3.13. The van der Waals surface area contributed by atoms with E-state index < -0.39 is 0 Å². The Balaban J connectivity index is 1.64. The molecule has 0 aromatic heterocycles. The topological polar surface area (TPSA) is 23.6 Å². The maximum absolute atomic E-state index is 12.5. The van der Waals surface area contributed by atoms with Crippen LogP contribution in [0.15, 0.2) is 53.0 Å². The van der Waals surface area contributed by atoms with Crippen molar-refractivity contribution in [2.24, 2.45) is 0 Å². The fourth-order valence-corrected chi connectivity index (χ4v) is 3.08. The fourth-order valence-electron chi connectivity index (χ4n) is 2.62. The van der Waals surface area contributed by atoms with Crippen LogP contribution in [0.3, 0.4) is 0 Å². The number of carbonyl (C=O) groups is 1. The summed E-state index contributed by atoms with van der Waals surface area (Å²) in [5.41, 5.74) is 1.85. The molecule has 1 amide bonds. The molecule has 114 valence electrons. The Morgan fingerprint density at radius 1 is 1.00 bits per heavy atom. The molecule has 0 aliphatic carbocycles. The maximum Gasteiger partial charge on any atom is 0.254 e. The lowest BCUT2D eigenvalue weighted by Crippen LogP contribution is -2.48. The van der Waals surface area contributed by atoms with Crippen molar-refractivity contribution in [1.82, 2.24) is 4.90 Å². The van der Waals surface area contributed by atoms with Crippen molar-refractivity contribution >= 4 is 39.1 Å². The molecule has 0 unspecified atom stereocenters. The van der Waals surface area contributed by atoms with Gasteiger partial charge in [-0.3, -0.25) is 4.79 Å². The average Bonchev–Trinajstić information content (AvgIpc) is 2.55. The van der Waals surface area contributed by atoms with Gasteiger partial charge in [0.2, 0.25) is 0 Å². The number of carbonyl (C=O) groups excluding carboxylic acids is 1. The Labute approximate surface area is 143 Å². The molecule has 0 bridgehead atoms. The zero-order valence-corrected chi connectivity index (χ0v) is 14.3. The molecule has 3 rings (SSSR count). The van der Waals surface area contributed by atoms with Gasteiger partial charge in [0.25, 0.3) is 5.91 Å². The molecular weight excluding hydrogens is 364 g/mol. The average molecular weight is 380 g/mol. The van der Waals surface area contributed by atoms with E-state index in [0.717, 1.165) is 30.7 Å². The molecule has 2 aromatic rings. The Hall–Kier alpha value is -1.52. The van der Waals surface area contributed by atoms with Gasteiger partial charge in [-0.1, -0.05) is 33.6 Å². The minimum absolute atomic E-state index is 0.0537. The summed E-state index contributed by atoms with van der Waals surface area (Å²) >= 11 is 9.41. The number of benzene rings is 2. The van der Waals surface area contributed by atoms with Crippen LogP contribution in [-0.2, 0) is 0 Å². The zero-order valence-electron chi connectivity index (χ0n) is 12.0. The summed E-state index contributed by atoms with van der Waals surface area (Å²) in [5, 5.41) is 0.597. The van der Waals surface area contributed by atoms with Crippen molar-refractivity contribution in [1.29, 1.82) is 0 Å². The Kier molecular flexibility index (Phi) is 4.69. The minimum atomic E-state index is 0.0537. The van der Waals surface area contributed by atoms with Crippen molar-refractivity contribution in [2.75, 3.05) is 31.1 Å². The van der Waals surface area contributed by atoms with Crippen LogP contribution in [0.1, 0.15) is 10.4 Å². The van der Waals surface area contributed by atoms with E-state index in [4.69, 9.17) is 11.6 Å². The molecule has 0 N–H and O–H groups in total. The highest BCUT2D eigenvalue weighted by Gasteiger charge is 2.22. The molecule has 0 radical (unpaired) electrons. The summed E-state index contributed by atoms with van der Waals surface area (Å²) in [5.74, 6) is 0.0537. The molecule has 22 heavy (non-hydrogen) atoms. The lowest BCUT2D eigenvalue weighted by molar-refractivity contribution is 0.0747. The van der Waals surface area contributed by atoms with Crippen molar-refractivity contribution in [3.05, 3.63) is 63.6 Å². The van der Waals surface area contributed by atoms with Crippen LogP contribution in [0.4, 0.5) is 5.69 Å². The Morgan fingerprint density at radius 2 is 1.68 bits per heavy atom. The molecule has 0 atom stereocenters. The number of piperazine rings is 1. The summed E-state index contributed by atoms with van der Waals surface area (Å²) in [6, 6.07) is 15.4. The molecule has 1 aliphatic heterocycles. The Morgan fingerprint density at radius 3 is 2.32 bits per heavy atom. The van der Waals surface area contributed by atoms with Gasteiger partial charge < -0.3 is 9.80 Å². The summed E-state index contributed by atoms with van der Waals surface area (Å²) < 4.78 is 1.08. The SMILES string of the molecule is O=C(c1cccc(Cl)c1)N1CCN(c2ccc(Br)cc2)CC1. The first-order chi connectivity index (χ1) is 10.6. The number of hydrogen-bond acceptors (Lipinski definition) is 2. The van der Waals surface area contributed by atoms with Crippen molar-refractivity contribution in [3.8, 4) is 0 Å². The third kappa shape index (κ3) is 3.45. The third-order valence-electron chi connectivity index (χ3n) is 3.83. The van der Waals surface area contributed by atoms with Crippen LogP contribution >= 0.6 is 27.5 Å². The second kappa shape index (κ2) is 6.71. The fraction of sp³-hybridized carbons (Fsp3) is 0.235. The summed E-state index contributed by atoms with van der Waals surface area (Å²) in [7, 11) is 0. The molecule has 3 nitrogen and oxygen atoms in total. The number of anilines is 1. The first-order valence-electron chi connectivity index (χ1n) is 7.19. The Bertz CT molecular complexity index is 667. The van der Waals surface area contributed by atoms with E-state index in [1.165, 1.54) is 5.69 Å². The van der Waals surface area contributed by atoms with Crippen molar-refractivity contribution < 1.29 is 4.79 Å².